The average Bonchev–Trinajstić information content (AvgIpc) is 2.94. The number of hydrogen-bond donors (Lipinski definition) is 3. The first-order valence-electron chi connectivity index (χ1n) is 8.11. The SMILES string of the molecule is CC(=O)OCC1=C2/C(=C\C3(C)CCC(O)(O3)C(C)(O)CC2O)OC1=O. The summed E-state index contributed by atoms with van der Waals surface area (Å²) in [6.45, 7) is 3.93. The van der Waals surface area contributed by atoms with Crippen molar-refractivity contribution in [1.29, 1.82) is 0 Å². The fraction of sp³-hybridized carbons (Fsp3) is 0.647. The van der Waals surface area contributed by atoms with Crippen molar-refractivity contribution in [2.75, 3.05) is 6.61 Å². The van der Waals surface area contributed by atoms with Gasteiger partial charge in [-0.3, -0.25) is 4.79 Å². The van der Waals surface area contributed by atoms with Crippen molar-refractivity contribution in [2.45, 2.75) is 63.1 Å². The molecule has 3 N–H and O–H groups in total. The molecule has 1 saturated heterocycles. The van der Waals surface area contributed by atoms with Crippen molar-refractivity contribution in [3.8, 4) is 0 Å². The maximum Gasteiger partial charge on any atom is 0.343 e. The predicted molar refractivity (Wildman–Crippen MR) is 82.8 cm³/mol. The van der Waals surface area contributed by atoms with Crippen LogP contribution < -0.4 is 0 Å². The Morgan fingerprint density at radius 1 is 1.36 bits per heavy atom. The standard InChI is InChI=1S/C17H22O8/c1-9(18)23-8-10-13-11(19)6-16(3,21)17(22)5-4-15(2,25-17)7-12(13)24-14(10)20/h7,11,19,21-22H,4-6,8H2,1-3H3/b12-7+. The Balaban J connectivity index is 2.09. The van der Waals surface area contributed by atoms with Gasteiger partial charge in [-0.05, 0) is 26.3 Å². The molecule has 8 heteroatoms. The minimum atomic E-state index is -1.83. The highest BCUT2D eigenvalue weighted by molar-refractivity contribution is 5.95. The Bertz CT molecular complexity index is 691. The fourth-order valence-corrected chi connectivity index (χ4v) is 3.56. The van der Waals surface area contributed by atoms with Gasteiger partial charge >= 0.3 is 11.9 Å². The number of fused-ring (bicyclic) bond motifs is 3. The number of aliphatic hydroxyl groups is 3. The molecule has 0 radical (unpaired) electrons. The van der Waals surface area contributed by atoms with Crippen molar-refractivity contribution in [1.82, 2.24) is 0 Å². The van der Waals surface area contributed by atoms with Gasteiger partial charge in [-0.15, -0.1) is 0 Å². The summed E-state index contributed by atoms with van der Waals surface area (Å²) < 4.78 is 15.8. The first-order chi connectivity index (χ1) is 11.5. The van der Waals surface area contributed by atoms with Crippen LogP contribution in [-0.2, 0) is 23.8 Å². The molecule has 25 heavy (non-hydrogen) atoms. The molecule has 3 aliphatic rings. The van der Waals surface area contributed by atoms with Gasteiger partial charge < -0.3 is 29.5 Å². The van der Waals surface area contributed by atoms with Crippen molar-refractivity contribution in [3.05, 3.63) is 23.0 Å². The predicted octanol–water partition coefficient (Wildman–Crippen LogP) is 0.0601. The van der Waals surface area contributed by atoms with E-state index in [2.05, 4.69) is 0 Å². The van der Waals surface area contributed by atoms with Crippen molar-refractivity contribution >= 4 is 11.9 Å². The van der Waals surface area contributed by atoms with Crippen LogP contribution in [0.2, 0.25) is 0 Å². The quantitative estimate of drug-likeness (QED) is 0.595. The van der Waals surface area contributed by atoms with E-state index in [-0.39, 0.29) is 36.4 Å². The second-order valence-electron chi connectivity index (χ2n) is 7.26. The lowest BCUT2D eigenvalue weighted by Gasteiger charge is -2.39. The topological polar surface area (TPSA) is 123 Å². The van der Waals surface area contributed by atoms with E-state index in [0.717, 1.165) is 0 Å². The highest BCUT2D eigenvalue weighted by Crippen LogP contribution is 2.48. The van der Waals surface area contributed by atoms with Gasteiger partial charge in [0.15, 0.2) is 5.79 Å². The summed E-state index contributed by atoms with van der Waals surface area (Å²) in [7, 11) is 0. The second-order valence-corrected chi connectivity index (χ2v) is 7.26. The van der Waals surface area contributed by atoms with E-state index in [4.69, 9.17) is 14.2 Å². The largest absolute Gasteiger partial charge is 0.461 e. The number of esters is 2. The first-order valence-corrected chi connectivity index (χ1v) is 8.11. The molecular formula is C17H22O8. The lowest BCUT2D eigenvalue weighted by molar-refractivity contribution is -0.297. The molecule has 2 bridgehead atoms. The summed E-state index contributed by atoms with van der Waals surface area (Å²) in [4.78, 5) is 23.2. The van der Waals surface area contributed by atoms with Crippen LogP contribution in [0.4, 0.5) is 0 Å². The zero-order valence-corrected chi connectivity index (χ0v) is 14.4. The molecule has 8 nitrogen and oxygen atoms in total. The van der Waals surface area contributed by atoms with E-state index < -0.39 is 35.0 Å². The molecule has 3 rings (SSSR count). The van der Waals surface area contributed by atoms with Crippen LogP contribution >= 0.6 is 0 Å². The number of carbonyl (C=O) groups is 2. The van der Waals surface area contributed by atoms with Gasteiger partial charge in [0, 0.05) is 25.3 Å². The molecule has 0 aromatic rings. The van der Waals surface area contributed by atoms with Crippen molar-refractivity contribution in [3.63, 3.8) is 0 Å². The van der Waals surface area contributed by atoms with Gasteiger partial charge in [0.25, 0.3) is 0 Å². The molecule has 0 aromatic carbocycles. The van der Waals surface area contributed by atoms with Crippen LogP contribution in [0.5, 0.6) is 0 Å². The van der Waals surface area contributed by atoms with Crippen molar-refractivity contribution in [2.24, 2.45) is 0 Å². The van der Waals surface area contributed by atoms with E-state index in [1.165, 1.54) is 19.9 Å². The summed E-state index contributed by atoms with van der Waals surface area (Å²) in [5, 5.41) is 32.1. The van der Waals surface area contributed by atoms with Crippen LogP contribution in [0.3, 0.4) is 0 Å². The third kappa shape index (κ3) is 2.99. The molecule has 0 spiro atoms. The first kappa shape index (κ1) is 18.1. The number of rotatable bonds is 2. The molecule has 138 valence electrons. The van der Waals surface area contributed by atoms with E-state index in [1.54, 1.807) is 6.92 Å². The molecule has 3 heterocycles. The van der Waals surface area contributed by atoms with Gasteiger partial charge in [-0.25, -0.2) is 4.79 Å². The maximum absolute atomic E-state index is 12.2. The molecule has 0 amide bonds. The summed E-state index contributed by atoms with van der Waals surface area (Å²) >= 11 is 0. The van der Waals surface area contributed by atoms with Gasteiger partial charge in [0.1, 0.15) is 18.0 Å². The van der Waals surface area contributed by atoms with Crippen LogP contribution in [0, 0.1) is 0 Å². The summed E-state index contributed by atoms with van der Waals surface area (Å²) in [6, 6.07) is 0. The Morgan fingerprint density at radius 3 is 2.68 bits per heavy atom. The number of aliphatic hydroxyl groups excluding tert-OH is 1. The van der Waals surface area contributed by atoms with Crippen LogP contribution in [0.25, 0.3) is 0 Å². The minimum absolute atomic E-state index is 0.0121. The van der Waals surface area contributed by atoms with Gasteiger partial charge in [0.2, 0.25) is 0 Å². The zero-order chi connectivity index (χ0) is 18.6. The molecule has 4 unspecified atom stereocenters. The smallest absolute Gasteiger partial charge is 0.343 e. The van der Waals surface area contributed by atoms with Crippen molar-refractivity contribution < 1.29 is 39.1 Å². The van der Waals surface area contributed by atoms with Gasteiger partial charge in [-0.1, -0.05) is 0 Å². The molecular weight excluding hydrogens is 332 g/mol. The molecule has 0 aromatic heterocycles. The average molecular weight is 354 g/mol. The summed E-state index contributed by atoms with van der Waals surface area (Å²) in [6.07, 6.45) is 0.480. The maximum atomic E-state index is 12.2. The highest BCUT2D eigenvalue weighted by Gasteiger charge is 2.58. The number of ether oxygens (including phenoxy) is 3. The third-order valence-electron chi connectivity index (χ3n) is 5.02. The molecule has 1 fully saturated rings. The lowest BCUT2D eigenvalue weighted by Crippen LogP contribution is -2.54. The molecule has 3 aliphatic heterocycles. The number of hydrogen-bond acceptors (Lipinski definition) is 8. The normalized spacial score (nSPS) is 42.7. The lowest BCUT2D eigenvalue weighted by atomic mass is 9.82. The van der Waals surface area contributed by atoms with Gasteiger partial charge in [0.05, 0.1) is 17.3 Å². The van der Waals surface area contributed by atoms with Crippen LogP contribution in [0.1, 0.15) is 40.0 Å². The third-order valence-corrected chi connectivity index (χ3v) is 5.02. The van der Waals surface area contributed by atoms with E-state index in [1.807, 2.05) is 0 Å². The summed E-state index contributed by atoms with van der Waals surface area (Å²) in [5.41, 5.74) is -2.59. The zero-order valence-electron chi connectivity index (χ0n) is 14.4. The minimum Gasteiger partial charge on any atom is -0.461 e. The van der Waals surface area contributed by atoms with Crippen LogP contribution in [0.15, 0.2) is 23.0 Å². The van der Waals surface area contributed by atoms with Crippen LogP contribution in [-0.4, -0.2) is 57.0 Å². The number of carbonyl (C=O) groups excluding carboxylic acids is 2. The van der Waals surface area contributed by atoms with Gasteiger partial charge in [-0.2, -0.15) is 0 Å². The van der Waals surface area contributed by atoms with E-state index in [0.29, 0.717) is 6.42 Å². The molecule has 4 atom stereocenters. The monoisotopic (exact) mass is 354 g/mol. The Kier molecular flexibility index (Phi) is 4.07. The second kappa shape index (κ2) is 5.63. The van der Waals surface area contributed by atoms with E-state index in [9.17, 15) is 24.9 Å². The Labute approximate surface area is 144 Å². The highest BCUT2D eigenvalue weighted by atomic mass is 16.7. The summed E-state index contributed by atoms with van der Waals surface area (Å²) in [5.74, 6) is -3.03. The Morgan fingerprint density at radius 2 is 2.04 bits per heavy atom. The molecule has 0 saturated carbocycles. The Hall–Kier alpha value is -1.74. The fourth-order valence-electron chi connectivity index (χ4n) is 3.56. The molecule has 0 aliphatic carbocycles. The van der Waals surface area contributed by atoms with E-state index >= 15 is 0 Å².